The molecule has 1 fully saturated rings. The minimum absolute atomic E-state index is 0.0432. The van der Waals surface area contributed by atoms with Crippen molar-refractivity contribution < 1.29 is 18.8 Å². The lowest BCUT2D eigenvalue weighted by Crippen LogP contribution is -2.41. The molecular formula is C14H21BFNO3. The highest BCUT2D eigenvalue weighted by Crippen LogP contribution is 2.36. The fourth-order valence-electron chi connectivity index (χ4n) is 1.99. The second-order valence-corrected chi connectivity index (χ2v) is 5.98. The quantitative estimate of drug-likeness (QED) is 0.822. The van der Waals surface area contributed by atoms with Gasteiger partial charge in [-0.15, -0.1) is 0 Å². The number of rotatable bonds is 4. The Hall–Kier alpha value is -1.11. The fraction of sp³-hybridized carbons (Fsp3) is 0.571. The van der Waals surface area contributed by atoms with Gasteiger partial charge in [-0.1, -0.05) is 6.07 Å². The second-order valence-electron chi connectivity index (χ2n) is 5.98. The van der Waals surface area contributed by atoms with Gasteiger partial charge >= 0.3 is 7.12 Å². The van der Waals surface area contributed by atoms with Gasteiger partial charge in [0.05, 0.1) is 23.5 Å². The number of hydrogen-bond donors (Lipinski definition) is 2. The van der Waals surface area contributed by atoms with E-state index < -0.39 is 18.3 Å². The Balaban J connectivity index is 2.17. The van der Waals surface area contributed by atoms with Crippen LogP contribution in [0, 0.1) is 5.82 Å². The van der Waals surface area contributed by atoms with Gasteiger partial charge in [-0.3, -0.25) is 0 Å². The SMILES string of the molecule is CC1(C)OB(c2ccc(NCCO)c(F)c2)OC1(C)C. The van der Waals surface area contributed by atoms with Crippen molar-refractivity contribution in [3.05, 3.63) is 24.0 Å². The molecule has 6 heteroatoms. The predicted octanol–water partition coefficient (Wildman–Crippen LogP) is 1.53. The topological polar surface area (TPSA) is 50.7 Å². The molecule has 0 bridgehead atoms. The first-order chi connectivity index (χ1) is 9.27. The van der Waals surface area contributed by atoms with Crippen molar-refractivity contribution >= 4 is 18.3 Å². The Morgan fingerprint density at radius 2 is 1.80 bits per heavy atom. The first-order valence-corrected chi connectivity index (χ1v) is 6.77. The molecule has 1 aliphatic rings. The molecule has 0 aromatic heterocycles. The molecule has 0 saturated carbocycles. The first kappa shape index (κ1) is 15.3. The average molecular weight is 281 g/mol. The Morgan fingerprint density at radius 3 is 2.30 bits per heavy atom. The summed E-state index contributed by atoms with van der Waals surface area (Å²) in [7, 11) is -0.568. The van der Waals surface area contributed by atoms with Crippen LogP contribution in [-0.4, -0.2) is 36.6 Å². The fourth-order valence-corrected chi connectivity index (χ4v) is 1.99. The summed E-state index contributed by atoms with van der Waals surface area (Å²) in [6, 6.07) is 4.80. The van der Waals surface area contributed by atoms with Crippen molar-refractivity contribution in [3.8, 4) is 0 Å². The molecule has 0 spiro atoms. The molecule has 0 amide bonds. The molecule has 4 nitrogen and oxygen atoms in total. The molecular weight excluding hydrogens is 260 g/mol. The average Bonchev–Trinajstić information content (AvgIpc) is 2.57. The van der Waals surface area contributed by atoms with Crippen LogP contribution in [-0.2, 0) is 9.31 Å². The van der Waals surface area contributed by atoms with Crippen LogP contribution in [0.25, 0.3) is 0 Å². The van der Waals surface area contributed by atoms with Gasteiger partial charge in [-0.05, 0) is 45.3 Å². The van der Waals surface area contributed by atoms with E-state index in [0.717, 1.165) is 0 Å². The highest BCUT2D eigenvalue weighted by molar-refractivity contribution is 6.62. The first-order valence-electron chi connectivity index (χ1n) is 6.77. The van der Waals surface area contributed by atoms with Crippen LogP contribution in [0.5, 0.6) is 0 Å². The maximum atomic E-state index is 14.0. The van der Waals surface area contributed by atoms with Crippen molar-refractivity contribution in [1.82, 2.24) is 0 Å². The maximum Gasteiger partial charge on any atom is 0.494 e. The lowest BCUT2D eigenvalue weighted by molar-refractivity contribution is 0.00578. The van der Waals surface area contributed by atoms with Gasteiger partial charge in [0.15, 0.2) is 0 Å². The summed E-state index contributed by atoms with van der Waals surface area (Å²) in [5.74, 6) is -0.384. The van der Waals surface area contributed by atoms with E-state index in [4.69, 9.17) is 14.4 Å². The van der Waals surface area contributed by atoms with Gasteiger partial charge in [-0.25, -0.2) is 4.39 Å². The zero-order valence-electron chi connectivity index (χ0n) is 12.4. The Labute approximate surface area is 119 Å². The van der Waals surface area contributed by atoms with E-state index in [9.17, 15) is 4.39 Å². The van der Waals surface area contributed by atoms with Crippen molar-refractivity contribution in [2.75, 3.05) is 18.5 Å². The Morgan fingerprint density at radius 1 is 1.20 bits per heavy atom. The van der Waals surface area contributed by atoms with Crippen LogP contribution in [0.1, 0.15) is 27.7 Å². The van der Waals surface area contributed by atoms with Crippen LogP contribution in [0.15, 0.2) is 18.2 Å². The van der Waals surface area contributed by atoms with Gasteiger partial charge in [0.25, 0.3) is 0 Å². The molecule has 1 saturated heterocycles. The molecule has 1 aromatic rings. The maximum absolute atomic E-state index is 14.0. The molecule has 1 aromatic carbocycles. The van der Waals surface area contributed by atoms with E-state index in [1.807, 2.05) is 27.7 Å². The summed E-state index contributed by atoms with van der Waals surface area (Å²) in [5.41, 5.74) is 0.124. The highest BCUT2D eigenvalue weighted by atomic mass is 19.1. The van der Waals surface area contributed by atoms with Crippen LogP contribution in [0.2, 0.25) is 0 Å². The van der Waals surface area contributed by atoms with E-state index in [2.05, 4.69) is 5.32 Å². The van der Waals surface area contributed by atoms with Crippen LogP contribution < -0.4 is 10.8 Å². The van der Waals surface area contributed by atoms with Crippen molar-refractivity contribution in [1.29, 1.82) is 0 Å². The van der Waals surface area contributed by atoms with Crippen molar-refractivity contribution in [2.24, 2.45) is 0 Å². The number of halogens is 1. The van der Waals surface area contributed by atoms with Crippen LogP contribution in [0.4, 0.5) is 10.1 Å². The number of benzene rings is 1. The molecule has 2 N–H and O–H groups in total. The summed E-state index contributed by atoms with van der Waals surface area (Å²) in [6.07, 6.45) is 0. The third-order valence-corrected chi connectivity index (χ3v) is 3.95. The van der Waals surface area contributed by atoms with Gasteiger partial charge < -0.3 is 19.7 Å². The predicted molar refractivity (Wildman–Crippen MR) is 77.7 cm³/mol. The molecule has 0 radical (unpaired) electrons. The third kappa shape index (κ3) is 2.82. The number of nitrogens with one attached hydrogen (secondary N) is 1. The standard InChI is InChI=1S/C14H21BFNO3/c1-13(2)14(3,4)20-15(19-13)10-5-6-12(11(16)9-10)17-7-8-18/h5-6,9,17-18H,7-8H2,1-4H3. The highest BCUT2D eigenvalue weighted by Gasteiger charge is 2.51. The van der Waals surface area contributed by atoms with Gasteiger partial charge in [0, 0.05) is 6.54 Å². The lowest BCUT2D eigenvalue weighted by Gasteiger charge is -2.32. The normalized spacial score (nSPS) is 20.2. The molecule has 2 rings (SSSR count). The minimum atomic E-state index is -0.568. The zero-order valence-corrected chi connectivity index (χ0v) is 12.4. The van der Waals surface area contributed by atoms with Crippen LogP contribution in [0.3, 0.4) is 0 Å². The monoisotopic (exact) mass is 281 g/mol. The molecule has 1 heterocycles. The smallest absolute Gasteiger partial charge is 0.399 e. The third-order valence-electron chi connectivity index (χ3n) is 3.95. The summed E-state index contributed by atoms with van der Waals surface area (Å²) < 4.78 is 25.7. The molecule has 20 heavy (non-hydrogen) atoms. The van der Waals surface area contributed by atoms with E-state index >= 15 is 0 Å². The number of aliphatic hydroxyl groups is 1. The summed E-state index contributed by atoms with van der Waals surface area (Å²) in [4.78, 5) is 0. The summed E-state index contributed by atoms with van der Waals surface area (Å²) in [6.45, 7) is 8.10. The largest absolute Gasteiger partial charge is 0.494 e. The number of anilines is 1. The number of hydrogen-bond acceptors (Lipinski definition) is 4. The Kier molecular flexibility index (Phi) is 4.09. The van der Waals surface area contributed by atoms with Crippen molar-refractivity contribution in [3.63, 3.8) is 0 Å². The summed E-state index contributed by atoms with van der Waals surface area (Å²) in [5, 5.41) is 11.5. The summed E-state index contributed by atoms with van der Waals surface area (Å²) >= 11 is 0. The molecule has 110 valence electrons. The number of aliphatic hydroxyl groups excluding tert-OH is 1. The van der Waals surface area contributed by atoms with Crippen molar-refractivity contribution in [2.45, 2.75) is 38.9 Å². The zero-order chi connectivity index (χ0) is 15.0. The van der Waals surface area contributed by atoms with E-state index in [1.165, 1.54) is 6.07 Å². The van der Waals surface area contributed by atoms with Gasteiger partial charge in [-0.2, -0.15) is 0 Å². The second kappa shape index (κ2) is 5.35. The molecule has 0 aliphatic carbocycles. The van der Waals surface area contributed by atoms with E-state index in [1.54, 1.807) is 12.1 Å². The lowest BCUT2D eigenvalue weighted by atomic mass is 9.79. The van der Waals surface area contributed by atoms with E-state index in [0.29, 0.717) is 17.7 Å². The minimum Gasteiger partial charge on any atom is -0.399 e. The molecule has 1 aliphatic heterocycles. The Bertz CT molecular complexity index is 477. The molecule has 0 atom stereocenters. The van der Waals surface area contributed by atoms with E-state index in [-0.39, 0.29) is 12.4 Å². The van der Waals surface area contributed by atoms with Gasteiger partial charge in [0.2, 0.25) is 0 Å². The molecule has 0 unspecified atom stereocenters. The van der Waals surface area contributed by atoms with Crippen LogP contribution >= 0.6 is 0 Å². The van der Waals surface area contributed by atoms with Gasteiger partial charge in [0.1, 0.15) is 5.82 Å².